The van der Waals surface area contributed by atoms with Gasteiger partial charge in [0, 0.05) is 21.8 Å². The monoisotopic (exact) mass is 338 g/mol. The molecule has 1 atom stereocenters. The SMILES string of the molecule is C[C@H](NC(=O)c1ccc(Br)c(N)c1)C1CCCCCC1. The number of anilines is 1. The number of hydrogen-bond donors (Lipinski definition) is 2. The van der Waals surface area contributed by atoms with Crippen LogP contribution in [0.5, 0.6) is 0 Å². The van der Waals surface area contributed by atoms with Crippen LogP contribution in [0.3, 0.4) is 0 Å². The van der Waals surface area contributed by atoms with Gasteiger partial charge in [-0.25, -0.2) is 0 Å². The summed E-state index contributed by atoms with van der Waals surface area (Å²) in [6.07, 6.45) is 7.70. The van der Waals surface area contributed by atoms with Crippen molar-refractivity contribution in [3.8, 4) is 0 Å². The second-order valence-corrected chi connectivity index (χ2v) is 6.60. The molecule has 1 aromatic rings. The molecule has 3 nitrogen and oxygen atoms in total. The molecule has 2 rings (SSSR count). The Bertz CT molecular complexity index is 468. The molecule has 3 N–H and O–H groups in total. The molecule has 1 aliphatic rings. The summed E-state index contributed by atoms with van der Waals surface area (Å²) in [4.78, 5) is 12.3. The maximum absolute atomic E-state index is 12.3. The molecule has 110 valence electrons. The van der Waals surface area contributed by atoms with E-state index in [1.807, 2.05) is 6.07 Å². The minimum absolute atomic E-state index is 0.0269. The van der Waals surface area contributed by atoms with Gasteiger partial charge in [-0.3, -0.25) is 4.79 Å². The van der Waals surface area contributed by atoms with Gasteiger partial charge in [0.25, 0.3) is 5.91 Å². The quantitative estimate of drug-likeness (QED) is 0.643. The van der Waals surface area contributed by atoms with Gasteiger partial charge in [0.1, 0.15) is 0 Å². The highest BCUT2D eigenvalue weighted by molar-refractivity contribution is 9.10. The summed E-state index contributed by atoms with van der Waals surface area (Å²) < 4.78 is 0.825. The first-order chi connectivity index (χ1) is 9.58. The Labute approximate surface area is 129 Å². The molecule has 0 unspecified atom stereocenters. The highest BCUT2D eigenvalue weighted by Crippen LogP contribution is 2.26. The van der Waals surface area contributed by atoms with Gasteiger partial charge in [-0.05, 0) is 59.8 Å². The molecule has 0 aliphatic heterocycles. The summed E-state index contributed by atoms with van der Waals surface area (Å²) in [5.74, 6) is 0.579. The van der Waals surface area contributed by atoms with Crippen molar-refractivity contribution in [3.05, 3.63) is 28.2 Å². The van der Waals surface area contributed by atoms with Crippen molar-refractivity contribution in [2.24, 2.45) is 5.92 Å². The van der Waals surface area contributed by atoms with Crippen LogP contribution in [0.4, 0.5) is 5.69 Å². The number of hydrogen-bond acceptors (Lipinski definition) is 2. The van der Waals surface area contributed by atoms with Gasteiger partial charge in [0.2, 0.25) is 0 Å². The van der Waals surface area contributed by atoms with E-state index in [1.54, 1.807) is 12.1 Å². The summed E-state index contributed by atoms with van der Waals surface area (Å²) in [7, 11) is 0. The molecule has 0 bridgehead atoms. The van der Waals surface area contributed by atoms with Crippen molar-refractivity contribution < 1.29 is 4.79 Å². The molecular weight excluding hydrogens is 316 g/mol. The first-order valence-electron chi connectivity index (χ1n) is 7.44. The van der Waals surface area contributed by atoms with E-state index in [1.165, 1.54) is 38.5 Å². The number of halogens is 1. The second kappa shape index (κ2) is 7.11. The van der Waals surface area contributed by atoms with Gasteiger partial charge in [0.05, 0.1) is 0 Å². The second-order valence-electron chi connectivity index (χ2n) is 5.75. The number of amides is 1. The number of nitrogens with two attached hydrogens (primary N) is 1. The zero-order chi connectivity index (χ0) is 14.5. The first kappa shape index (κ1) is 15.4. The predicted molar refractivity (Wildman–Crippen MR) is 86.7 cm³/mol. The van der Waals surface area contributed by atoms with Crippen LogP contribution in [-0.2, 0) is 0 Å². The topological polar surface area (TPSA) is 55.1 Å². The van der Waals surface area contributed by atoms with E-state index in [0.29, 0.717) is 17.2 Å². The van der Waals surface area contributed by atoms with Gasteiger partial charge in [-0.2, -0.15) is 0 Å². The lowest BCUT2D eigenvalue weighted by Crippen LogP contribution is -2.38. The van der Waals surface area contributed by atoms with Crippen molar-refractivity contribution in [1.82, 2.24) is 5.32 Å². The third-order valence-corrected chi connectivity index (χ3v) is 4.95. The Morgan fingerprint density at radius 2 is 1.95 bits per heavy atom. The fourth-order valence-electron chi connectivity index (χ4n) is 2.90. The number of benzene rings is 1. The van der Waals surface area contributed by atoms with Gasteiger partial charge in [-0.15, -0.1) is 0 Å². The lowest BCUT2D eigenvalue weighted by atomic mass is 9.93. The average molecular weight is 339 g/mol. The molecule has 1 fully saturated rings. The van der Waals surface area contributed by atoms with E-state index in [9.17, 15) is 4.79 Å². The van der Waals surface area contributed by atoms with Crippen molar-refractivity contribution in [3.63, 3.8) is 0 Å². The zero-order valence-corrected chi connectivity index (χ0v) is 13.6. The maximum Gasteiger partial charge on any atom is 0.251 e. The van der Waals surface area contributed by atoms with Gasteiger partial charge < -0.3 is 11.1 Å². The van der Waals surface area contributed by atoms with Crippen LogP contribution in [0.1, 0.15) is 55.8 Å². The Balaban J connectivity index is 1.97. The molecule has 0 heterocycles. The summed E-state index contributed by atoms with van der Waals surface area (Å²) in [5, 5.41) is 3.13. The first-order valence-corrected chi connectivity index (χ1v) is 8.23. The highest BCUT2D eigenvalue weighted by Gasteiger charge is 2.21. The Morgan fingerprint density at radius 3 is 2.55 bits per heavy atom. The molecule has 1 amide bonds. The van der Waals surface area contributed by atoms with Crippen LogP contribution >= 0.6 is 15.9 Å². The molecule has 1 saturated carbocycles. The standard InChI is InChI=1S/C16H23BrN2O/c1-11(12-6-4-2-3-5-7-12)19-16(20)13-8-9-14(17)15(18)10-13/h8-12H,2-7,18H2,1H3,(H,19,20)/t11-/m0/s1. The van der Waals surface area contributed by atoms with E-state index < -0.39 is 0 Å². The van der Waals surface area contributed by atoms with Crippen LogP contribution in [0.25, 0.3) is 0 Å². The van der Waals surface area contributed by atoms with Gasteiger partial charge in [0.15, 0.2) is 0 Å². The van der Waals surface area contributed by atoms with Crippen molar-refractivity contribution in [1.29, 1.82) is 0 Å². The van der Waals surface area contributed by atoms with Gasteiger partial charge >= 0.3 is 0 Å². The molecule has 0 radical (unpaired) electrons. The largest absolute Gasteiger partial charge is 0.398 e. The average Bonchev–Trinajstić information content (AvgIpc) is 2.70. The minimum atomic E-state index is -0.0269. The third-order valence-electron chi connectivity index (χ3n) is 4.22. The van der Waals surface area contributed by atoms with Crippen LogP contribution in [-0.4, -0.2) is 11.9 Å². The molecule has 0 spiro atoms. The maximum atomic E-state index is 12.3. The number of nitrogens with one attached hydrogen (secondary N) is 1. The molecule has 20 heavy (non-hydrogen) atoms. The molecule has 1 aromatic carbocycles. The van der Waals surface area contributed by atoms with Crippen LogP contribution < -0.4 is 11.1 Å². The lowest BCUT2D eigenvalue weighted by Gasteiger charge is -2.23. The summed E-state index contributed by atoms with van der Waals surface area (Å²) in [6, 6.07) is 5.57. The molecule has 1 aliphatic carbocycles. The predicted octanol–water partition coefficient (Wildman–Crippen LogP) is 4.12. The van der Waals surface area contributed by atoms with Crippen LogP contribution in [0.15, 0.2) is 22.7 Å². The summed E-state index contributed by atoms with van der Waals surface area (Å²) in [6.45, 7) is 2.12. The number of carbonyl (C=O) groups is 1. The number of rotatable bonds is 3. The molecule has 4 heteroatoms. The fraction of sp³-hybridized carbons (Fsp3) is 0.562. The number of carbonyl (C=O) groups excluding carboxylic acids is 1. The molecule has 0 aromatic heterocycles. The van der Waals surface area contributed by atoms with E-state index in [2.05, 4.69) is 28.2 Å². The Morgan fingerprint density at radius 1 is 1.30 bits per heavy atom. The van der Waals surface area contributed by atoms with E-state index in [4.69, 9.17) is 5.73 Å². The third kappa shape index (κ3) is 3.98. The van der Waals surface area contributed by atoms with E-state index in [-0.39, 0.29) is 11.9 Å². The van der Waals surface area contributed by atoms with Crippen LogP contribution in [0.2, 0.25) is 0 Å². The highest BCUT2D eigenvalue weighted by atomic mass is 79.9. The van der Waals surface area contributed by atoms with E-state index in [0.717, 1.165) is 4.47 Å². The molecule has 0 saturated heterocycles. The Kier molecular flexibility index (Phi) is 5.46. The smallest absolute Gasteiger partial charge is 0.251 e. The van der Waals surface area contributed by atoms with Crippen molar-refractivity contribution in [2.45, 2.75) is 51.5 Å². The molecular formula is C16H23BrN2O. The lowest BCUT2D eigenvalue weighted by molar-refractivity contribution is 0.0924. The normalized spacial score (nSPS) is 18.3. The number of nitrogen functional groups attached to an aromatic ring is 1. The minimum Gasteiger partial charge on any atom is -0.398 e. The van der Waals surface area contributed by atoms with Gasteiger partial charge in [-0.1, -0.05) is 25.7 Å². The summed E-state index contributed by atoms with van der Waals surface area (Å²) >= 11 is 3.34. The van der Waals surface area contributed by atoms with Crippen molar-refractivity contribution >= 4 is 27.5 Å². The summed E-state index contributed by atoms with van der Waals surface area (Å²) in [5.41, 5.74) is 7.05. The zero-order valence-electron chi connectivity index (χ0n) is 12.0. The van der Waals surface area contributed by atoms with E-state index >= 15 is 0 Å². The van der Waals surface area contributed by atoms with Crippen molar-refractivity contribution in [2.75, 3.05) is 5.73 Å². The Hall–Kier alpha value is -1.03. The van der Waals surface area contributed by atoms with Crippen LogP contribution in [0, 0.1) is 5.92 Å². The fourth-order valence-corrected chi connectivity index (χ4v) is 3.15.